The molecule has 1 saturated carbocycles. The molecule has 0 saturated heterocycles. The summed E-state index contributed by atoms with van der Waals surface area (Å²) in [6.45, 7) is 6.50. The molecular formula is C30H30N4. The van der Waals surface area contributed by atoms with E-state index in [1.54, 1.807) is 0 Å². The molecule has 170 valence electrons. The number of imidazole rings is 1. The summed E-state index contributed by atoms with van der Waals surface area (Å²) in [5, 5.41) is 1.63. The highest BCUT2D eigenvalue weighted by atomic mass is 15.1. The molecule has 0 spiro atoms. The SMILES string of the molecule is C=c1/c(=C\C=C(/C)c2ccccc2)nc(-c2ccccc2N)n1-c1ccc(C2(N)CCC2)cc1. The molecule has 4 aromatic rings. The van der Waals surface area contributed by atoms with E-state index in [4.69, 9.17) is 16.5 Å². The molecule has 5 rings (SSSR count). The number of hydrogen-bond acceptors (Lipinski definition) is 3. The maximum absolute atomic E-state index is 6.54. The van der Waals surface area contributed by atoms with Crippen LogP contribution in [0.5, 0.6) is 0 Å². The molecule has 4 heteroatoms. The second-order valence-corrected chi connectivity index (χ2v) is 9.13. The van der Waals surface area contributed by atoms with Crippen molar-refractivity contribution < 1.29 is 0 Å². The molecule has 1 heterocycles. The van der Waals surface area contributed by atoms with Crippen LogP contribution in [0.15, 0.2) is 84.9 Å². The van der Waals surface area contributed by atoms with E-state index >= 15 is 0 Å². The fourth-order valence-electron chi connectivity index (χ4n) is 4.55. The van der Waals surface area contributed by atoms with E-state index in [1.165, 1.54) is 17.5 Å². The highest BCUT2D eigenvalue weighted by molar-refractivity contribution is 5.74. The lowest BCUT2D eigenvalue weighted by Gasteiger charge is -2.38. The summed E-state index contributed by atoms with van der Waals surface area (Å²) < 4.78 is 2.08. The monoisotopic (exact) mass is 446 g/mol. The first-order chi connectivity index (χ1) is 16.5. The molecular weight excluding hydrogens is 416 g/mol. The van der Waals surface area contributed by atoms with Gasteiger partial charge in [-0.2, -0.15) is 0 Å². The van der Waals surface area contributed by atoms with Crippen LogP contribution in [0.1, 0.15) is 37.3 Å². The summed E-state index contributed by atoms with van der Waals surface area (Å²) >= 11 is 0. The molecule has 0 bridgehead atoms. The van der Waals surface area contributed by atoms with Crippen LogP contribution in [0, 0.1) is 0 Å². The van der Waals surface area contributed by atoms with Gasteiger partial charge in [0.2, 0.25) is 0 Å². The van der Waals surface area contributed by atoms with Gasteiger partial charge in [0.15, 0.2) is 0 Å². The van der Waals surface area contributed by atoms with Gasteiger partial charge in [0, 0.05) is 22.5 Å². The molecule has 4 N–H and O–H groups in total. The van der Waals surface area contributed by atoms with E-state index in [2.05, 4.69) is 60.5 Å². The minimum atomic E-state index is -0.188. The molecule has 1 aromatic heterocycles. The molecule has 3 aromatic carbocycles. The number of hydrogen-bond donors (Lipinski definition) is 2. The van der Waals surface area contributed by atoms with Crippen molar-refractivity contribution in [1.29, 1.82) is 0 Å². The van der Waals surface area contributed by atoms with Crippen molar-refractivity contribution in [3.8, 4) is 17.1 Å². The number of benzene rings is 3. The highest BCUT2D eigenvalue weighted by Crippen LogP contribution is 2.38. The van der Waals surface area contributed by atoms with Crippen molar-refractivity contribution in [2.75, 3.05) is 5.73 Å². The number of para-hydroxylation sites is 1. The second kappa shape index (κ2) is 8.81. The van der Waals surface area contributed by atoms with Gasteiger partial charge in [-0.3, -0.25) is 4.57 Å². The molecule has 0 radical (unpaired) electrons. The van der Waals surface area contributed by atoms with E-state index in [0.717, 1.165) is 46.2 Å². The van der Waals surface area contributed by atoms with Crippen molar-refractivity contribution >= 4 is 23.9 Å². The zero-order valence-electron chi connectivity index (χ0n) is 19.5. The predicted octanol–water partition coefficient (Wildman–Crippen LogP) is 4.75. The van der Waals surface area contributed by atoms with Crippen molar-refractivity contribution in [2.45, 2.75) is 31.7 Å². The van der Waals surface area contributed by atoms with Crippen LogP contribution in [0.2, 0.25) is 0 Å². The number of nitrogen functional groups attached to an aromatic ring is 1. The third-order valence-corrected chi connectivity index (χ3v) is 6.87. The molecule has 0 amide bonds. The van der Waals surface area contributed by atoms with Crippen LogP contribution in [0.25, 0.3) is 35.3 Å². The largest absolute Gasteiger partial charge is 0.398 e. The number of aromatic nitrogens is 2. The third kappa shape index (κ3) is 3.97. The maximum atomic E-state index is 6.54. The summed E-state index contributed by atoms with van der Waals surface area (Å²) in [4.78, 5) is 4.98. The minimum Gasteiger partial charge on any atom is -0.398 e. The lowest BCUT2D eigenvalue weighted by Crippen LogP contribution is -2.43. The standard InChI is InChI=1S/C30H30N4/c1-21(23-9-4-3-5-10-23)13-18-28-22(2)34(29(33-28)26-11-6-7-12-27(26)31)25-16-14-24(15-17-25)30(32)19-8-20-30/h3-7,9-18H,2,8,19-20,31-32H2,1H3/b21-13+,28-18+. The molecule has 1 aliphatic rings. The van der Waals surface area contributed by atoms with Gasteiger partial charge in [0.1, 0.15) is 5.82 Å². The summed E-state index contributed by atoms with van der Waals surface area (Å²) in [7, 11) is 0. The van der Waals surface area contributed by atoms with Crippen molar-refractivity contribution in [3.63, 3.8) is 0 Å². The molecule has 34 heavy (non-hydrogen) atoms. The first-order valence-corrected chi connectivity index (χ1v) is 11.7. The van der Waals surface area contributed by atoms with Gasteiger partial charge in [0.05, 0.1) is 10.7 Å². The Morgan fingerprint density at radius 3 is 2.29 bits per heavy atom. The smallest absolute Gasteiger partial charge is 0.147 e. The van der Waals surface area contributed by atoms with Crippen LogP contribution >= 0.6 is 0 Å². The summed E-state index contributed by atoms with van der Waals surface area (Å²) in [5.74, 6) is 0.777. The zero-order valence-corrected chi connectivity index (χ0v) is 19.5. The number of nitrogens with two attached hydrogens (primary N) is 2. The summed E-state index contributed by atoms with van der Waals surface area (Å²) in [6, 6.07) is 26.6. The van der Waals surface area contributed by atoms with Crippen LogP contribution in [0.3, 0.4) is 0 Å². The predicted molar refractivity (Wildman–Crippen MR) is 142 cm³/mol. The lowest BCUT2D eigenvalue weighted by atomic mass is 9.73. The average molecular weight is 447 g/mol. The fraction of sp³-hybridized carbons (Fsp3) is 0.167. The van der Waals surface area contributed by atoms with E-state index in [1.807, 2.05) is 48.5 Å². The molecule has 4 nitrogen and oxygen atoms in total. The Morgan fingerprint density at radius 2 is 1.65 bits per heavy atom. The van der Waals surface area contributed by atoms with E-state index < -0.39 is 0 Å². The Bertz CT molecular complexity index is 1460. The lowest BCUT2D eigenvalue weighted by molar-refractivity contribution is 0.253. The Labute approximate surface area is 200 Å². The topological polar surface area (TPSA) is 69.9 Å². The summed E-state index contributed by atoms with van der Waals surface area (Å²) in [5.41, 5.74) is 18.8. The number of allylic oxidation sites excluding steroid dienone is 2. The van der Waals surface area contributed by atoms with Crippen LogP contribution < -0.4 is 22.2 Å². The Kier molecular flexibility index (Phi) is 5.68. The van der Waals surface area contributed by atoms with E-state index in [-0.39, 0.29) is 5.54 Å². The van der Waals surface area contributed by atoms with Crippen LogP contribution in [0.4, 0.5) is 5.69 Å². The maximum Gasteiger partial charge on any atom is 0.147 e. The zero-order chi connectivity index (χ0) is 23.7. The second-order valence-electron chi connectivity index (χ2n) is 9.13. The Morgan fingerprint density at radius 1 is 0.971 bits per heavy atom. The van der Waals surface area contributed by atoms with Crippen LogP contribution in [-0.2, 0) is 5.54 Å². The molecule has 0 aliphatic heterocycles. The minimum absolute atomic E-state index is 0.188. The van der Waals surface area contributed by atoms with Gasteiger partial charge >= 0.3 is 0 Å². The van der Waals surface area contributed by atoms with Gasteiger partial charge in [-0.15, -0.1) is 0 Å². The van der Waals surface area contributed by atoms with Crippen molar-refractivity contribution in [2.24, 2.45) is 5.73 Å². The highest BCUT2D eigenvalue weighted by Gasteiger charge is 2.34. The molecule has 1 fully saturated rings. The van der Waals surface area contributed by atoms with Gasteiger partial charge < -0.3 is 11.5 Å². The van der Waals surface area contributed by atoms with Gasteiger partial charge in [-0.25, -0.2) is 4.98 Å². The molecule has 1 aliphatic carbocycles. The fourth-order valence-corrected chi connectivity index (χ4v) is 4.55. The van der Waals surface area contributed by atoms with E-state index in [0.29, 0.717) is 5.69 Å². The van der Waals surface area contributed by atoms with Crippen LogP contribution in [-0.4, -0.2) is 9.55 Å². The molecule has 0 unspecified atom stereocenters. The molecule has 0 atom stereocenters. The third-order valence-electron chi connectivity index (χ3n) is 6.87. The number of rotatable bonds is 5. The number of anilines is 1. The first-order valence-electron chi connectivity index (χ1n) is 11.7. The van der Waals surface area contributed by atoms with Gasteiger partial charge in [0.25, 0.3) is 0 Å². The normalized spacial score (nSPS) is 15.8. The first kappa shape index (κ1) is 21.9. The van der Waals surface area contributed by atoms with Gasteiger partial charge in [-0.1, -0.05) is 67.3 Å². The number of nitrogens with zero attached hydrogens (tertiary/aromatic N) is 2. The van der Waals surface area contributed by atoms with E-state index in [9.17, 15) is 0 Å². The quantitative estimate of drug-likeness (QED) is 0.435. The average Bonchev–Trinajstić information content (AvgIpc) is 3.17. The van der Waals surface area contributed by atoms with Crippen molar-refractivity contribution in [3.05, 3.63) is 107 Å². The van der Waals surface area contributed by atoms with Crippen molar-refractivity contribution in [1.82, 2.24) is 9.55 Å². The van der Waals surface area contributed by atoms with Gasteiger partial charge in [-0.05, 0) is 73.2 Å². The summed E-state index contributed by atoms with van der Waals surface area (Å²) in [6.07, 6.45) is 7.38. The Hall–Kier alpha value is -3.89. The Balaban J connectivity index is 1.64.